The van der Waals surface area contributed by atoms with Gasteiger partial charge < -0.3 is 4.74 Å². The highest BCUT2D eigenvalue weighted by atomic mass is 16.5. The van der Waals surface area contributed by atoms with Gasteiger partial charge in [-0.3, -0.25) is 9.97 Å². The maximum absolute atomic E-state index is 6.40. The fourth-order valence-corrected chi connectivity index (χ4v) is 6.99. The minimum atomic E-state index is -0.677. The molecule has 4 heterocycles. The molecular formula is C44H30N4O. The predicted molar refractivity (Wildman–Crippen MR) is 198 cm³/mol. The lowest BCUT2D eigenvalue weighted by molar-refractivity contribution is 0.456. The molecule has 0 saturated carbocycles. The van der Waals surface area contributed by atoms with E-state index in [0.717, 1.165) is 60.8 Å². The standard InChI is InChI=1S/C44H30N4O/c1-44(37-15-6-8-27-45-37,38-16-7-9-28-46-38)39-17-10-18-40(47-39)49-32-23-19-31(20-24-32)41-35-25-21-29-11-2-4-13-33(29)42(35)48-43-34-14-5-3-12-30(34)22-26-36(41)43/h2-28H,1H3. The van der Waals surface area contributed by atoms with Gasteiger partial charge in [0.05, 0.1) is 33.5 Å². The van der Waals surface area contributed by atoms with E-state index in [-0.39, 0.29) is 0 Å². The van der Waals surface area contributed by atoms with Crippen LogP contribution in [0.5, 0.6) is 11.6 Å². The van der Waals surface area contributed by atoms with Gasteiger partial charge in [0.25, 0.3) is 0 Å². The Kier molecular flexibility index (Phi) is 6.83. The maximum atomic E-state index is 6.40. The Morgan fingerprint density at radius 3 is 1.57 bits per heavy atom. The van der Waals surface area contributed by atoms with Crippen LogP contribution in [0, 0.1) is 0 Å². The molecule has 49 heavy (non-hydrogen) atoms. The van der Waals surface area contributed by atoms with Crippen LogP contribution in [0.15, 0.2) is 164 Å². The molecule has 0 unspecified atom stereocenters. The third-order valence-corrected chi connectivity index (χ3v) is 9.52. The Morgan fingerprint density at radius 1 is 0.449 bits per heavy atom. The highest BCUT2D eigenvalue weighted by Crippen LogP contribution is 2.41. The summed E-state index contributed by atoms with van der Waals surface area (Å²) in [6, 6.07) is 51.7. The van der Waals surface area contributed by atoms with Crippen LogP contribution in [0.1, 0.15) is 24.0 Å². The van der Waals surface area contributed by atoms with E-state index < -0.39 is 5.41 Å². The first-order valence-electron chi connectivity index (χ1n) is 16.4. The molecule has 5 nitrogen and oxygen atoms in total. The molecular weight excluding hydrogens is 601 g/mol. The topological polar surface area (TPSA) is 60.8 Å². The SMILES string of the molecule is CC(c1ccccn1)(c1ccccn1)c1cccc(Oc2ccc(-c3c4ccc5ccccc5c4nc4c3ccc3ccccc34)cc2)n1. The van der Waals surface area contributed by atoms with Crippen molar-refractivity contribution in [2.45, 2.75) is 12.3 Å². The van der Waals surface area contributed by atoms with Crippen LogP contribution < -0.4 is 4.74 Å². The fraction of sp³-hybridized carbons (Fsp3) is 0.0455. The summed E-state index contributed by atoms with van der Waals surface area (Å²) in [6.07, 6.45) is 3.61. The summed E-state index contributed by atoms with van der Waals surface area (Å²) in [5.74, 6) is 1.20. The van der Waals surface area contributed by atoms with Gasteiger partial charge in [0.15, 0.2) is 0 Å². The quantitative estimate of drug-likeness (QED) is 0.135. The van der Waals surface area contributed by atoms with Crippen molar-refractivity contribution in [3.8, 4) is 22.8 Å². The highest BCUT2D eigenvalue weighted by molar-refractivity contribution is 6.21. The van der Waals surface area contributed by atoms with Crippen LogP contribution in [0.4, 0.5) is 0 Å². The molecule has 0 saturated heterocycles. The summed E-state index contributed by atoms with van der Waals surface area (Å²) in [5, 5.41) is 6.87. The molecule has 5 aromatic carbocycles. The van der Waals surface area contributed by atoms with Crippen LogP contribution in [-0.2, 0) is 5.41 Å². The largest absolute Gasteiger partial charge is 0.439 e. The van der Waals surface area contributed by atoms with Crippen LogP contribution in [-0.4, -0.2) is 19.9 Å². The Balaban J connectivity index is 1.14. The molecule has 0 spiro atoms. The normalized spacial score (nSPS) is 11.8. The maximum Gasteiger partial charge on any atom is 0.219 e. The van der Waals surface area contributed by atoms with Gasteiger partial charge >= 0.3 is 0 Å². The van der Waals surface area contributed by atoms with Gasteiger partial charge in [0.1, 0.15) is 5.75 Å². The zero-order valence-corrected chi connectivity index (χ0v) is 26.8. The van der Waals surface area contributed by atoms with Crippen molar-refractivity contribution in [1.82, 2.24) is 19.9 Å². The van der Waals surface area contributed by atoms with E-state index in [1.165, 1.54) is 10.8 Å². The van der Waals surface area contributed by atoms with Crippen molar-refractivity contribution in [3.05, 3.63) is 181 Å². The molecule has 5 heteroatoms. The lowest BCUT2D eigenvalue weighted by atomic mass is 9.79. The third kappa shape index (κ3) is 4.86. The zero-order chi connectivity index (χ0) is 32.8. The molecule has 9 aromatic rings. The second-order valence-corrected chi connectivity index (χ2v) is 12.4. The second-order valence-electron chi connectivity index (χ2n) is 12.4. The number of aromatic nitrogens is 4. The first kappa shape index (κ1) is 28.7. The van der Waals surface area contributed by atoms with E-state index in [1.807, 2.05) is 66.7 Å². The first-order chi connectivity index (χ1) is 24.2. The predicted octanol–water partition coefficient (Wildman–Crippen LogP) is 10.7. The van der Waals surface area contributed by atoms with E-state index >= 15 is 0 Å². The minimum absolute atomic E-state index is 0.501. The van der Waals surface area contributed by atoms with Gasteiger partial charge in [0, 0.05) is 45.6 Å². The number of rotatable bonds is 6. The van der Waals surface area contributed by atoms with Gasteiger partial charge in [-0.2, -0.15) is 0 Å². The Bertz CT molecular complexity index is 2510. The second kappa shape index (κ2) is 11.7. The lowest BCUT2D eigenvalue weighted by Crippen LogP contribution is -2.29. The van der Waals surface area contributed by atoms with Gasteiger partial charge in [-0.1, -0.05) is 103 Å². The minimum Gasteiger partial charge on any atom is -0.439 e. The van der Waals surface area contributed by atoms with Crippen molar-refractivity contribution < 1.29 is 4.74 Å². The van der Waals surface area contributed by atoms with Gasteiger partial charge in [0.2, 0.25) is 5.88 Å². The molecule has 0 aliphatic rings. The number of hydrogen-bond donors (Lipinski definition) is 0. The Morgan fingerprint density at radius 2 is 1.00 bits per heavy atom. The number of nitrogens with zero attached hydrogens (tertiary/aromatic N) is 4. The van der Waals surface area contributed by atoms with E-state index in [2.05, 4.69) is 91.9 Å². The Labute approximate surface area is 283 Å². The summed E-state index contributed by atoms with van der Waals surface area (Å²) in [7, 11) is 0. The molecule has 4 aromatic heterocycles. The average molecular weight is 631 g/mol. The van der Waals surface area contributed by atoms with Crippen molar-refractivity contribution in [3.63, 3.8) is 0 Å². The third-order valence-electron chi connectivity index (χ3n) is 9.52. The van der Waals surface area contributed by atoms with E-state index in [0.29, 0.717) is 11.6 Å². The monoisotopic (exact) mass is 630 g/mol. The van der Waals surface area contributed by atoms with Gasteiger partial charge in [-0.15, -0.1) is 0 Å². The Hall–Kier alpha value is -6.46. The van der Waals surface area contributed by atoms with E-state index in [9.17, 15) is 0 Å². The van der Waals surface area contributed by atoms with Crippen molar-refractivity contribution in [2.24, 2.45) is 0 Å². The molecule has 0 atom stereocenters. The lowest BCUT2D eigenvalue weighted by Gasteiger charge is -2.28. The summed E-state index contributed by atoms with van der Waals surface area (Å²) in [5.41, 5.74) is 6.10. The number of benzene rings is 5. The summed E-state index contributed by atoms with van der Waals surface area (Å²) < 4.78 is 6.40. The molecule has 0 amide bonds. The summed E-state index contributed by atoms with van der Waals surface area (Å²) >= 11 is 0. The number of hydrogen-bond acceptors (Lipinski definition) is 5. The molecule has 0 N–H and O–H groups in total. The van der Waals surface area contributed by atoms with Crippen molar-refractivity contribution in [1.29, 1.82) is 0 Å². The molecule has 0 aliphatic carbocycles. The van der Waals surface area contributed by atoms with Crippen LogP contribution in [0.25, 0.3) is 54.5 Å². The van der Waals surface area contributed by atoms with Gasteiger partial charge in [-0.25, -0.2) is 9.97 Å². The zero-order valence-electron chi connectivity index (χ0n) is 26.8. The van der Waals surface area contributed by atoms with Crippen molar-refractivity contribution >= 4 is 43.4 Å². The first-order valence-corrected chi connectivity index (χ1v) is 16.4. The van der Waals surface area contributed by atoms with Gasteiger partial charge in [-0.05, 0) is 65.7 Å². The molecule has 0 radical (unpaired) electrons. The smallest absolute Gasteiger partial charge is 0.219 e. The summed E-state index contributed by atoms with van der Waals surface area (Å²) in [4.78, 5) is 19.7. The fourth-order valence-electron chi connectivity index (χ4n) is 6.99. The van der Waals surface area contributed by atoms with Crippen LogP contribution >= 0.6 is 0 Å². The molecule has 0 aliphatic heterocycles. The molecule has 9 rings (SSSR count). The van der Waals surface area contributed by atoms with Crippen LogP contribution in [0.2, 0.25) is 0 Å². The number of pyridine rings is 4. The summed E-state index contributed by atoms with van der Waals surface area (Å²) in [6.45, 7) is 2.11. The van der Waals surface area contributed by atoms with Crippen molar-refractivity contribution in [2.75, 3.05) is 0 Å². The highest BCUT2D eigenvalue weighted by Gasteiger charge is 2.35. The molecule has 0 fully saturated rings. The van der Waals surface area contributed by atoms with E-state index in [1.54, 1.807) is 12.4 Å². The van der Waals surface area contributed by atoms with E-state index in [4.69, 9.17) is 24.7 Å². The molecule has 232 valence electrons. The number of ether oxygens (including phenoxy) is 1. The molecule has 0 bridgehead atoms. The number of fused-ring (bicyclic) bond motifs is 6. The average Bonchev–Trinajstić information content (AvgIpc) is 3.18. The van der Waals surface area contributed by atoms with Crippen LogP contribution in [0.3, 0.4) is 0 Å².